The first-order valence-electron chi connectivity index (χ1n) is 11.6. The minimum Gasteiger partial charge on any atom is -0.411 e. The summed E-state index contributed by atoms with van der Waals surface area (Å²) in [5.41, 5.74) is 11.1. The highest BCUT2D eigenvalue weighted by molar-refractivity contribution is 6.03. The van der Waals surface area contributed by atoms with Crippen molar-refractivity contribution in [3.05, 3.63) is 83.6 Å². The summed E-state index contributed by atoms with van der Waals surface area (Å²) in [6.45, 7) is 1.39. The zero-order chi connectivity index (χ0) is 25.2. The second-order valence-electron chi connectivity index (χ2n) is 8.86. The second-order valence-corrected chi connectivity index (χ2v) is 8.86. The zero-order valence-corrected chi connectivity index (χ0v) is 19.3. The summed E-state index contributed by atoms with van der Waals surface area (Å²) in [5.74, 6) is -1.32. The molecule has 0 radical (unpaired) electrons. The van der Waals surface area contributed by atoms with Crippen LogP contribution in [0.1, 0.15) is 24.0 Å². The molecule has 0 unspecified atom stereocenters. The van der Waals surface area contributed by atoms with E-state index in [1.54, 1.807) is 18.3 Å². The molecule has 1 aromatic heterocycles. The van der Waals surface area contributed by atoms with E-state index < -0.39 is 11.6 Å². The van der Waals surface area contributed by atoms with Gasteiger partial charge in [0.15, 0.2) is 0 Å². The van der Waals surface area contributed by atoms with Crippen LogP contribution in [0.25, 0.3) is 33.2 Å². The number of nitrogens with zero attached hydrogens (tertiary/aromatic N) is 4. The summed E-state index contributed by atoms with van der Waals surface area (Å²) in [6.07, 6.45) is 4.49. The highest BCUT2D eigenvalue weighted by Crippen LogP contribution is 2.40. The molecule has 5 rings (SSSR count). The molecule has 0 spiro atoms. The van der Waals surface area contributed by atoms with Gasteiger partial charge in [0, 0.05) is 47.9 Å². The molecule has 6 nitrogen and oxygen atoms in total. The fourth-order valence-electron chi connectivity index (χ4n) is 4.84. The monoisotopic (exact) mass is 483 g/mol. The van der Waals surface area contributed by atoms with Crippen molar-refractivity contribution in [1.29, 1.82) is 5.26 Å². The minimum absolute atomic E-state index is 0.106. The molecule has 0 atom stereocenters. The molecule has 8 heteroatoms. The van der Waals surface area contributed by atoms with Gasteiger partial charge in [0.25, 0.3) is 0 Å². The number of piperidine rings is 1. The molecule has 0 saturated carbocycles. The van der Waals surface area contributed by atoms with Crippen LogP contribution in [-0.4, -0.2) is 35.5 Å². The molecule has 180 valence electrons. The summed E-state index contributed by atoms with van der Waals surface area (Å²) in [5, 5.41) is 22.7. The smallest absolute Gasteiger partial charge is 0.126 e. The Morgan fingerprint density at radius 1 is 1.03 bits per heavy atom. The van der Waals surface area contributed by atoms with Crippen molar-refractivity contribution >= 4 is 22.8 Å². The lowest BCUT2D eigenvalue weighted by Crippen LogP contribution is -2.40. The van der Waals surface area contributed by atoms with E-state index in [0.29, 0.717) is 40.9 Å². The van der Waals surface area contributed by atoms with Gasteiger partial charge in [-0.2, -0.15) is 5.26 Å². The highest BCUT2D eigenvalue weighted by atomic mass is 19.1. The lowest BCUT2D eigenvalue weighted by molar-refractivity contribution is 0.322. The molecule has 3 aromatic carbocycles. The Balaban J connectivity index is 1.77. The van der Waals surface area contributed by atoms with Gasteiger partial charge in [-0.15, -0.1) is 0 Å². The van der Waals surface area contributed by atoms with E-state index in [-0.39, 0.29) is 6.04 Å². The molecule has 4 aromatic rings. The Kier molecular flexibility index (Phi) is 6.32. The average molecular weight is 484 g/mol. The van der Waals surface area contributed by atoms with Crippen molar-refractivity contribution in [2.24, 2.45) is 10.9 Å². The quantitative estimate of drug-likeness (QED) is 0.228. The Hall–Kier alpha value is -4.35. The normalized spacial score (nSPS) is 14.4. The minimum atomic E-state index is -0.660. The van der Waals surface area contributed by atoms with Crippen molar-refractivity contribution < 1.29 is 14.0 Å². The number of halogens is 2. The SMILES string of the molecule is N#Cc1cccc(-c2ccc3ncc(-c4cc(F)cc(F)c4)c(N4CCC(N)CC4)c3c2)c1C=NO. The predicted octanol–water partition coefficient (Wildman–Crippen LogP) is 5.45. The molecule has 2 heterocycles. The Morgan fingerprint density at radius 2 is 1.78 bits per heavy atom. The molecule has 1 fully saturated rings. The first kappa shape index (κ1) is 23.4. The topological polar surface area (TPSA) is 98.5 Å². The largest absolute Gasteiger partial charge is 0.411 e. The number of nitriles is 1. The zero-order valence-electron chi connectivity index (χ0n) is 19.3. The van der Waals surface area contributed by atoms with Gasteiger partial charge in [0.05, 0.1) is 29.1 Å². The number of pyridine rings is 1. The standard InChI is InChI=1S/C28H23F2N5O/c29-20-10-19(11-21(30)13-20)26-15-33-27-5-4-17(23-3-1-2-18(14-31)25(23)16-34-36)12-24(27)28(26)35-8-6-22(32)7-9-35/h1-5,10-13,15-16,22,36H,6-9,32H2. The Bertz CT molecular complexity index is 1500. The summed E-state index contributed by atoms with van der Waals surface area (Å²) in [6, 6.07) is 16.7. The Labute approximate surface area is 206 Å². The van der Waals surface area contributed by atoms with Crippen molar-refractivity contribution in [2.45, 2.75) is 18.9 Å². The van der Waals surface area contributed by atoms with Crippen molar-refractivity contribution in [1.82, 2.24) is 4.98 Å². The first-order valence-corrected chi connectivity index (χ1v) is 11.6. The van der Waals surface area contributed by atoms with Gasteiger partial charge < -0.3 is 15.8 Å². The number of benzene rings is 3. The number of fused-ring (bicyclic) bond motifs is 1. The van der Waals surface area contributed by atoms with Crippen molar-refractivity contribution in [3.8, 4) is 28.3 Å². The van der Waals surface area contributed by atoms with Crippen LogP contribution >= 0.6 is 0 Å². The fourth-order valence-corrected chi connectivity index (χ4v) is 4.84. The van der Waals surface area contributed by atoms with Gasteiger partial charge in [-0.25, -0.2) is 8.78 Å². The van der Waals surface area contributed by atoms with E-state index >= 15 is 0 Å². The number of nitrogens with two attached hydrogens (primary N) is 1. The van der Waals surface area contributed by atoms with Crippen LogP contribution in [0.4, 0.5) is 14.5 Å². The van der Waals surface area contributed by atoms with Crippen molar-refractivity contribution in [2.75, 3.05) is 18.0 Å². The summed E-state index contributed by atoms with van der Waals surface area (Å²) in [7, 11) is 0. The van der Waals surface area contributed by atoms with Crippen LogP contribution < -0.4 is 10.6 Å². The van der Waals surface area contributed by atoms with Gasteiger partial charge in [-0.1, -0.05) is 23.4 Å². The third-order valence-electron chi connectivity index (χ3n) is 6.59. The third-order valence-corrected chi connectivity index (χ3v) is 6.59. The average Bonchev–Trinajstić information content (AvgIpc) is 2.88. The van der Waals surface area contributed by atoms with Crippen LogP contribution in [0.5, 0.6) is 0 Å². The Morgan fingerprint density at radius 3 is 2.47 bits per heavy atom. The molecule has 36 heavy (non-hydrogen) atoms. The predicted molar refractivity (Wildman–Crippen MR) is 136 cm³/mol. The van der Waals surface area contributed by atoms with E-state index in [1.165, 1.54) is 18.3 Å². The summed E-state index contributed by atoms with van der Waals surface area (Å²) in [4.78, 5) is 6.79. The van der Waals surface area contributed by atoms with E-state index in [2.05, 4.69) is 21.1 Å². The molecule has 1 aliphatic heterocycles. The van der Waals surface area contributed by atoms with Gasteiger partial charge in [-0.3, -0.25) is 4.98 Å². The molecule has 0 aliphatic carbocycles. The maximum Gasteiger partial charge on any atom is 0.126 e. The van der Waals surface area contributed by atoms with Crippen LogP contribution in [0.15, 0.2) is 65.9 Å². The molecular weight excluding hydrogens is 460 g/mol. The maximum atomic E-state index is 14.2. The number of hydrogen-bond donors (Lipinski definition) is 2. The number of hydrogen-bond acceptors (Lipinski definition) is 6. The van der Waals surface area contributed by atoms with E-state index in [9.17, 15) is 19.2 Å². The number of rotatable bonds is 4. The van der Waals surface area contributed by atoms with Crippen LogP contribution in [0, 0.1) is 23.0 Å². The maximum absolute atomic E-state index is 14.2. The van der Waals surface area contributed by atoms with Gasteiger partial charge in [0.1, 0.15) is 11.6 Å². The summed E-state index contributed by atoms with van der Waals surface area (Å²) < 4.78 is 28.4. The molecule has 1 aliphatic rings. The molecule has 0 bridgehead atoms. The van der Waals surface area contributed by atoms with E-state index in [1.807, 2.05) is 24.3 Å². The van der Waals surface area contributed by atoms with E-state index in [0.717, 1.165) is 41.1 Å². The van der Waals surface area contributed by atoms with Gasteiger partial charge >= 0.3 is 0 Å². The highest BCUT2D eigenvalue weighted by Gasteiger charge is 2.23. The second kappa shape index (κ2) is 9.72. The van der Waals surface area contributed by atoms with Gasteiger partial charge in [0.2, 0.25) is 0 Å². The number of aromatic nitrogens is 1. The van der Waals surface area contributed by atoms with Crippen LogP contribution in [0.2, 0.25) is 0 Å². The lowest BCUT2D eigenvalue weighted by Gasteiger charge is -2.34. The number of anilines is 1. The molecule has 3 N–H and O–H groups in total. The first-order chi connectivity index (χ1) is 17.5. The fraction of sp³-hybridized carbons (Fsp3) is 0.179. The van der Waals surface area contributed by atoms with Crippen LogP contribution in [0.3, 0.4) is 0 Å². The molecular formula is C28H23F2N5O. The van der Waals surface area contributed by atoms with Crippen LogP contribution in [-0.2, 0) is 0 Å². The van der Waals surface area contributed by atoms with Gasteiger partial charge in [-0.05, 0) is 59.9 Å². The number of oxime groups is 1. The molecule has 1 saturated heterocycles. The third kappa shape index (κ3) is 4.37. The lowest BCUT2D eigenvalue weighted by atomic mass is 9.93. The van der Waals surface area contributed by atoms with E-state index in [4.69, 9.17) is 5.73 Å². The van der Waals surface area contributed by atoms with Crippen molar-refractivity contribution in [3.63, 3.8) is 0 Å². The summed E-state index contributed by atoms with van der Waals surface area (Å²) >= 11 is 0. The molecule has 0 amide bonds.